The lowest BCUT2D eigenvalue weighted by atomic mass is 9.83. The predicted molar refractivity (Wildman–Crippen MR) is 113 cm³/mol. The third-order valence-corrected chi connectivity index (χ3v) is 5.82. The fourth-order valence-corrected chi connectivity index (χ4v) is 3.98. The zero-order chi connectivity index (χ0) is 18.9. The van der Waals surface area contributed by atoms with Crippen molar-refractivity contribution in [1.82, 2.24) is 4.90 Å². The van der Waals surface area contributed by atoms with Gasteiger partial charge in [0.2, 0.25) is 0 Å². The van der Waals surface area contributed by atoms with E-state index in [2.05, 4.69) is 36.5 Å². The molecule has 2 heterocycles. The molecule has 0 amide bonds. The van der Waals surface area contributed by atoms with Gasteiger partial charge >= 0.3 is 5.97 Å². The van der Waals surface area contributed by atoms with E-state index in [0.29, 0.717) is 6.61 Å². The highest BCUT2D eigenvalue weighted by Gasteiger charge is 2.31. The van der Waals surface area contributed by atoms with E-state index in [-0.39, 0.29) is 12.4 Å². The Hall–Kier alpha value is -1.82. The molecule has 0 saturated heterocycles. The Kier molecular flexibility index (Phi) is 6.73. The summed E-state index contributed by atoms with van der Waals surface area (Å²) in [7, 11) is 4.12. The molecule has 0 bridgehead atoms. The van der Waals surface area contributed by atoms with Crippen LogP contribution in [0.2, 0.25) is 0 Å². The zero-order valence-electron chi connectivity index (χ0n) is 16.1. The zero-order valence-corrected chi connectivity index (χ0v) is 17.7. The molecule has 3 rings (SSSR count). The number of nitrogens with zero attached hydrogens (tertiary/aromatic N) is 1. The fourth-order valence-electron chi connectivity index (χ4n) is 3.01. The van der Waals surface area contributed by atoms with E-state index in [1.54, 1.807) is 25.2 Å². The number of hydrogen-bond acceptors (Lipinski definition) is 4. The molecule has 0 saturated carbocycles. The van der Waals surface area contributed by atoms with Crippen molar-refractivity contribution in [2.24, 2.45) is 0 Å². The molecule has 4 nitrogen and oxygen atoms in total. The summed E-state index contributed by atoms with van der Waals surface area (Å²) in [6, 6.07) is 7.86. The van der Waals surface area contributed by atoms with Crippen molar-refractivity contribution in [2.45, 2.75) is 32.3 Å². The molecule has 0 aliphatic carbocycles. The first-order valence-corrected chi connectivity index (χ1v) is 9.61. The van der Waals surface area contributed by atoms with Crippen LogP contribution in [0.15, 0.2) is 35.7 Å². The fraction of sp³-hybridized carbons (Fsp3) is 0.381. The van der Waals surface area contributed by atoms with E-state index in [1.165, 1.54) is 10.4 Å². The van der Waals surface area contributed by atoms with Crippen LogP contribution in [-0.4, -0.2) is 36.6 Å². The van der Waals surface area contributed by atoms with Gasteiger partial charge in [0.25, 0.3) is 0 Å². The molecule has 0 atom stereocenters. The van der Waals surface area contributed by atoms with E-state index in [1.807, 2.05) is 18.2 Å². The minimum Gasteiger partial charge on any atom is -0.488 e. The number of aliphatic carboxylic acids is 1. The first-order valence-electron chi connectivity index (χ1n) is 8.73. The van der Waals surface area contributed by atoms with Crippen LogP contribution in [0.25, 0.3) is 5.57 Å². The summed E-state index contributed by atoms with van der Waals surface area (Å²) in [5.74, 6) is -0.0172. The number of ether oxygens (including phenoxy) is 1. The van der Waals surface area contributed by atoms with Crippen LogP contribution in [0.5, 0.6) is 5.75 Å². The number of carboxylic acid groups (broad SMARTS) is 1. The van der Waals surface area contributed by atoms with Crippen LogP contribution in [0.4, 0.5) is 0 Å². The molecule has 2 aromatic rings. The average molecular weight is 408 g/mol. The summed E-state index contributed by atoms with van der Waals surface area (Å²) >= 11 is 1.71. The maximum absolute atomic E-state index is 11.7. The Morgan fingerprint density at radius 2 is 2.07 bits per heavy atom. The van der Waals surface area contributed by atoms with E-state index >= 15 is 0 Å². The summed E-state index contributed by atoms with van der Waals surface area (Å²) in [5.41, 5.74) is 3.14. The Morgan fingerprint density at radius 1 is 1.33 bits per heavy atom. The molecule has 1 aromatic heterocycles. The first kappa shape index (κ1) is 21.5. The lowest BCUT2D eigenvalue weighted by molar-refractivity contribution is -0.142. The lowest BCUT2D eigenvalue weighted by Gasteiger charge is -2.22. The van der Waals surface area contributed by atoms with Crippen molar-refractivity contribution in [3.05, 3.63) is 57.3 Å². The topological polar surface area (TPSA) is 49.8 Å². The van der Waals surface area contributed by atoms with E-state index < -0.39 is 11.4 Å². The summed E-state index contributed by atoms with van der Waals surface area (Å²) < 4.78 is 6.03. The summed E-state index contributed by atoms with van der Waals surface area (Å²) in [6.45, 7) is 4.97. The van der Waals surface area contributed by atoms with Crippen LogP contribution in [0.3, 0.4) is 0 Å². The Morgan fingerprint density at radius 3 is 2.74 bits per heavy atom. The molecule has 1 aromatic carbocycles. The third kappa shape index (κ3) is 4.37. The molecule has 146 valence electrons. The highest BCUT2D eigenvalue weighted by molar-refractivity contribution is 7.11. The third-order valence-electron chi connectivity index (χ3n) is 4.83. The number of halogens is 1. The van der Waals surface area contributed by atoms with Crippen LogP contribution in [-0.2, 0) is 16.8 Å². The molecule has 27 heavy (non-hydrogen) atoms. The van der Waals surface area contributed by atoms with Crippen molar-refractivity contribution >= 4 is 35.3 Å². The number of fused-ring (bicyclic) bond motifs is 2. The van der Waals surface area contributed by atoms with Crippen LogP contribution >= 0.6 is 23.7 Å². The summed E-state index contributed by atoms with van der Waals surface area (Å²) in [4.78, 5) is 15.1. The van der Waals surface area contributed by atoms with Crippen molar-refractivity contribution < 1.29 is 14.6 Å². The van der Waals surface area contributed by atoms with Gasteiger partial charge in [-0.25, -0.2) is 0 Å². The second kappa shape index (κ2) is 8.46. The van der Waals surface area contributed by atoms with Crippen molar-refractivity contribution in [1.29, 1.82) is 0 Å². The maximum Gasteiger partial charge on any atom is 0.313 e. The highest BCUT2D eigenvalue weighted by Crippen LogP contribution is 2.41. The summed E-state index contributed by atoms with van der Waals surface area (Å²) in [5, 5.41) is 11.7. The second-order valence-corrected chi connectivity index (χ2v) is 8.33. The molecular formula is C21H26ClNO3S. The Balaban J connectivity index is 0.00000261. The van der Waals surface area contributed by atoms with Crippen molar-refractivity contribution in [3.8, 4) is 5.75 Å². The highest BCUT2D eigenvalue weighted by atomic mass is 35.5. The van der Waals surface area contributed by atoms with Gasteiger partial charge < -0.3 is 14.7 Å². The molecule has 6 heteroatoms. The van der Waals surface area contributed by atoms with Gasteiger partial charge in [-0.1, -0.05) is 12.1 Å². The molecule has 1 aliphatic rings. The number of hydrogen-bond donors (Lipinski definition) is 1. The second-order valence-electron chi connectivity index (χ2n) is 7.41. The monoisotopic (exact) mass is 407 g/mol. The largest absolute Gasteiger partial charge is 0.488 e. The SMILES string of the molecule is CN(C)CC/C=C1\c2cc(C(C)(C)C(=O)O)ccc2OCc2ccsc21.Cl. The van der Waals surface area contributed by atoms with Crippen LogP contribution < -0.4 is 4.74 Å². The Labute approximate surface area is 170 Å². The first-order chi connectivity index (χ1) is 12.3. The normalized spacial score (nSPS) is 14.8. The molecule has 1 aliphatic heterocycles. The van der Waals surface area contributed by atoms with Crippen molar-refractivity contribution in [2.75, 3.05) is 20.6 Å². The maximum atomic E-state index is 11.7. The number of carboxylic acids is 1. The summed E-state index contributed by atoms with van der Waals surface area (Å²) in [6.07, 6.45) is 3.17. The smallest absolute Gasteiger partial charge is 0.313 e. The molecule has 0 unspecified atom stereocenters. The molecule has 0 spiro atoms. The molecule has 0 radical (unpaired) electrons. The van der Waals surface area contributed by atoms with Crippen molar-refractivity contribution in [3.63, 3.8) is 0 Å². The Bertz CT molecular complexity index is 855. The average Bonchev–Trinajstić information content (AvgIpc) is 2.99. The van der Waals surface area contributed by atoms with Gasteiger partial charge in [0, 0.05) is 22.5 Å². The number of benzene rings is 1. The van der Waals surface area contributed by atoms with E-state index in [9.17, 15) is 9.90 Å². The number of thiophene rings is 1. The number of rotatable bonds is 5. The molecule has 0 fully saturated rings. The van der Waals surface area contributed by atoms with E-state index in [0.717, 1.165) is 35.4 Å². The predicted octanol–water partition coefficient (Wildman–Crippen LogP) is 4.81. The van der Waals surface area contributed by atoms with Gasteiger partial charge in [-0.15, -0.1) is 23.7 Å². The quantitative estimate of drug-likeness (QED) is 0.772. The minimum absolute atomic E-state index is 0. The van der Waals surface area contributed by atoms with E-state index in [4.69, 9.17) is 4.74 Å². The van der Waals surface area contributed by atoms with Gasteiger partial charge in [-0.2, -0.15) is 0 Å². The van der Waals surface area contributed by atoms with Gasteiger partial charge in [-0.3, -0.25) is 4.79 Å². The van der Waals surface area contributed by atoms with Gasteiger partial charge in [0.15, 0.2) is 0 Å². The number of carbonyl (C=O) groups is 1. The van der Waals surface area contributed by atoms with Crippen LogP contribution in [0, 0.1) is 0 Å². The van der Waals surface area contributed by atoms with Gasteiger partial charge in [-0.05, 0) is 69.1 Å². The van der Waals surface area contributed by atoms with Gasteiger partial charge in [0.05, 0.1) is 5.41 Å². The van der Waals surface area contributed by atoms with Crippen LogP contribution in [0.1, 0.15) is 41.8 Å². The molecular weight excluding hydrogens is 382 g/mol. The van der Waals surface area contributed by atoms with Gasteiger partial charge in [0.1, 0.15) is 12.4 Å². The minimum atomic E-state index is -0.950. The molecule has 1 N–H and O–H groups in total. The standard InChI is InChI=1S/C21H25NO3S.ClH/c1-21(2,20(23)24)15-7-8-18-17(12-15)16(6-5-10-22(3)4)19-14(13-25-18)9-11-26-19;/h6-9,11-12H,5,10,13H2,1-4H3,(H,23,24);1H/b16-6+;. The lowest BCUT2D eigenvalue weighted by Crippen LogP contribution is -2.28.